The first-order chi connectivity index (χ1) is 8.79. The first-order valence-electron chi connectivity index (χ1n) is 5.85. The van der Waals surface area contributed by atoms with Gasteiger partial charge in [0.25, 0.3) is 0 Å². The van der Waals surface area contributed by atoms with Gasteiger partial charge in [-0.2, -0.15) is 0 Å². The highest BCUT2D eigenvalue weighted by Gasteiger charge is 2.01. The summed E-state index contributed by atoms with van der Waals surface area (Å²) in [5.74, 6) is 0. The summed E-state index contributed by atoms with van der Waals surface area (Å²) in [5, 5.41) is 4.12. The minimum Gasteiger partial charge on any atom is -0.381 e. The summed E-state index contributed by atoms with van der Waals surface area (Å²) in [5.41, 5.74) is 3.52. The molecule has 0 radical (unpaired) electrons. The molecule has 3 heteroatoms. The van der Waals surface area contributed by atoms with E-state index in [4.69, 9.17) is 16.3 Å². The number of nitrogens with one attached hydrogen (secondary N) is 1. The van der Waals surface area contributed by atoms with Crippen LogP contribution in [0.3, 0.4) is 0 Å². The zero-order valence-corrected chi connectivity index (χ0v) is 11.1. The summed E-state index contributed by atoms with van der Waals surface area (Å²) >= 11 is 5.85. The van der Waals surface area contributed by atoms with E-state index in [9.17, 15) is 0 Å². The lowest BCUT2D eigenvalue weighted by molar-refractivity contribution is 0.184. The monoisotopic (exact) mass is 261 g/mol. The van der Waals surface area contributed by atoms with Crippen molar-refractivity contribution < 1.29 is 4.74 Å². The molecular formula is C15H16ClNO. The Morgan fingerprint density at radius 1 is 1.00 bits per heavy atom. The van der Waals surface area contributed by atoms with Crippen LogP contribution in [0.1, 0.15) is 11.1 Å². The second kappa shape index (κ2) is 6.43. The van der Waals surface area contributed by atoms with Crippen molar-refractivity contribution in [3.05, 3.63) is 64.7 Å². The van der Waals surface area contributed by atoms with Gasteiger partial charge in [0.15, 0.2) is 0 Å². The molecule has 2 aromatic rings. The maximum atomic E-state index is 5.85. The van der Waals surface area contributed by atoms with Crippen molar-refractivity contribution in [1.82, 2.24) is 0 Å². The van der Waals surface area contributed by atoms with Crippen LogP contribution in [-0.4, -0.2) is 7.11 Å². The minimum absolute atomic E-state index is 0.637. The van der Waals surface area contributed by atoms with Gasteiger partial charge in [-0.3, -0.25) is 0 Å². The van der Waals surface area contributed by atoms with Gasteiger partial charge >= 0.3 is 0 Å². The van der Waals surface area contributed by atoms with Gasteiger partial charge in [0.1, 0.15) is 0 Å². The summed E-state index contributed by atoms with van der Waals surface area (Å²) in [4.78, 5) is 0. The Hall–Kier alpha value is -1.51. The summed E-state index contributed by atoms with van der Waals surface area (Å²) < 4.78 is 5.19. The summed E-state index contributed by atoms with van der Waals surface area (Å²) in [6, 6.07) is 16.0. The van der Waals surface area contributed by atoms with Crippen molar-refractivity contribution in [3.63, 3.8) is 0 Å². The predicted molar refractivity (Wildman–Crippen MR) is 75.9 cm³/mol. The molecule has 2 nitrogen and oxygen atoms in total. The second-order valence-corrected chi connectivity index (χ2v) is 4.50. The van der Waals surface area contributed by atoms with E-state index in [1.54, 1.807) is 7.11 Å². The molecule has 0 amide bonds. The summed E-state index contributed by atoms with van der Waals surface area (Å²) in [7, 11) is 1.71. The number of halogens is 1. The molecule has 0 saturated carbocycles. The van der Waals surface area contributed by atoms with Gasteiger partial charge in [0, 0.05) is 24.4 Å². The van der Waals surface area contributed by atoms with Crippen LogP contribution in [0, 0.1) is 0 Å². The Balaban J connectivity index is 2.03. The van der Waals surface area contributed by atoms with Gasteiger partial charge in [0.2, 0.25) is 0 Å². The first-order valence-corrected chi connectivity index (χ1v) is 6.22. The van der Waals surface area contributed by atoms with Crippen LogP contribution >= 0.6 is 11.6 Å². The standard InChI is InChI=1S/C15H16ClNO/c1-18-11-13-5-3-2-4-12(13)10-17-15-8-6-14(16)7-9-15/h2-9,17H,10-11H2,1H3. The topological polar surface area (TPSA) is 21.3 Å². The van der Waals surface area contributed by atoms with Crippen LogP contribution in [0.25, 0.3) is 0 Å². The molecule has 0 heterocycles. The lowest BCUT2D eigenvalue weighted by atomic mass is 10.1. The Labute approximate surface area is 113 Å². The average molecular weight is 262 g/mol. The highest BCUT2D eigenvalue weighted by Crippen LogP contribution is 2.16. The van der Waals surface area contributed by atoms with Crippen LogP contribution in [-0.2, 0) is 17.9 Å². The maximum Gasteiger partial charge on any atom is 0.0716 e. The highest BCUT2D eigenvalue weighted by atomic mass is 35.5. The second-order valence-electron chi connectivity index (χ2n) is 4.06. The van der Waals surface area contributed by atoms with E-state index in [0.29, 0.717) is 6.61 Å². The molecule has 2 rings (SSSR count). The van der Waals surface area contributed by atoms with Crippen molar-refractivity contribution in [2.75, 3.05) is 12.4 Å². The molecule has 0 saturated heterocycles. The number of benzene rings is 2. The third-order valence-corrected chi connectivity index (χ3v) is 3.00. The van der Waals surface area contributed by atoms with E-state index in [2.05, 4.69) is 17.4 Å². The Morgan fingerprint density at radius 3 is 2.33 bits per heavy atom. The lowest BCUT2D eigenvalue weighted by Gasteiger charge is -2.11. The molecule has 0 bridgehead atoms. The molecule has 0 spiro atoms. The van der Waals surface area contributed by atoms with E-state index < -0.39 is 0 Å². The minimum atomic E-state index is 0.637. The Kier molecular flexibility index (Phi) is 4.62. The molecular weight excluding hydrogens is 246 g/mol. The quantitative estimate of drug-likeness (QED) is 0.875. The Morgan fingerprint density at radius 2 is 1.67 bits per heavy atom. The van der Waals surface area contributed by atoms with E-state index in [0.717, 1.165) is 17.3 Å². The number of hydrogen-bond donors (Lipinski definition) is 1. The number of rotatable bonds is 5. The largest absolute Gasteiger partial charge is 0.381 e. The van der Waals surface area contributed by atoms with Crippen molar-refractivity contribution >= 4 is 17.3 Å². The predicted octanol–water partition coefficient (Wildman–Crippen LogP) is 4.10. The summed E-state index contributed by atoms with van der Waals surface area (Å²) in [6.07, 6.45) is 0. The van der Waals surface area contributed by atoms with E-state index in [1.165, 1.54) is 11.1 Å². The van der Waals surface area contributed by atoms with Crippen molar-refractivity contribution in [1.29, 1.82) is 0 Å². The smallest absolute Gasteiger partial charge is 0.0716 e. The van der Waals surface area contributed by atoms with Gasteiger partial charge in [0.05, 0.1) is 6.61 Å². The van der Waals surface area contributed by atoms with Gasteiger partial charge in [-0.1, -0.05) is 35.9 Å². The molecule has 0 unspecified atom stereocenters. The SMILES string of the molecule is COCc1ccccc1CNc1ccc(Cl)cc1. The first kappa shape index (κ1) is 12.9. The molecule has 18 heavy (non-hydrogen) atoms. The van der Waals surface area contributed by atoms with E-state index in [-0.39, 0.29) is 0 Å². The van der Waals surface area contributed by atoms with Crippen LogP contribution in [0.4, 0.5) is 5.69 Å². The molecule has 0 aliphatic rings. The zero-order valence-electron chi connectivity index (χ0n) is 10.3. The average Bonchev–Trinajstić information content (AvgIpc) is 2.40. The van der Waals surface area contributed by atoms with Gasteiger partial charge in [-0.25, -0.2) is 0 Å². The number of ether oxygens (including phenoxy) is 1. The van der Waals surface area contributed by atoms with E-state index >= 15 is 0 Å². The fourth-order valence-corrected chi connectivity index (χ4v) is 1.92. The van der Waals surface area contributed by atoms with Crippen LogP contribution in [0.15, 0.2) is 48.5 Å². The fraction of sp³-hybridized carbons (Fsp3) is 0.200. The molecule has 1 N–H and O–H groups in total. The van der Waals surface area contributed by atoms with Gasteiger partial charge < -0.3 is 10.1 Å². The zero-order chi connectivity index (χ0) is 12.8. The fourth-order valence-electron chi connectivity index (χ4n) is 1.79. The molecule has 0 atom stereocenters. The van der Waals surface area contributed by atoms with Gasteiger partial charge in [-0.15, -0.1) is 0 Å². The molecule has 94 valence electrons. The third-order valence-electron chi connectivity index (χ3n) is 2.75. The van der Waals surface area contributed by atoms with Crippen molar-refractivity contribution in [2.24, 2.45) is 0 Å². The molecule has 0 aliphatic heterocycles. The van der Waals surface area contributed by atoms with E-state index in [1.807, 2.05) is 36.4 Å². The Bertz CT molecular complexity index is 496. The highest BCUT2D eigenvalue weighted by molar-refractivity contribution is 6.30. The molecule has 0 fully saturated rings. The van der Waals surface area contributed by atoms with Crippen molar-refractivity contribution in [3.8, 4) is 0 Å². The number of methoxy groups -OCH3 is 1. The van der Waals surface area contributed by atoms with Crippen molar-refractivity contribution in [2.45, 2.75) is 13.2 Å². The van der Waals surface area contributed by atoms with Crippen LogP contribution in [0.5, 0.6) is 0 Å². The number of anilines is 1. The maximum absolute atomic E-state index is 5.85. The lowest BCUT2D eigenvalue weighted by Crippen LogP contribution is -2.03. The molecule has 2 aromatic carbocycles. The van der Waals surface area contributed by atoms with Crippen LogP contribution in [0.2, 0.25) is 5.02 Å². The number of hydrogen-bond acceptors (Lipinski definition) is 2. The molecule has 0 aromatic heterocycles. The molecule has 0 aliphatic carbocycles. The normalized spacial score (nSPS) is 10.3. The van der Waals surface area contributed by atoms with Crippen LogP contribution < -0.4 is 5.32 Å². The summed E-state index contributed by atoms with van der Waals surface area (Å²) in [6.45, 7) is 1.42. The third kappa shape index (κ3) is 3.49. The van der Waals surface area contributed by atoms with Gasteiger partial charge in [-0.05, 0) is 35.4 Å².